The van der Waals surface area contributed by atoms with Crippen LogP contribution in [0.3, 0.4) is 0 Å². The fourth-order valence-electron chi connectivity index (χ4n) is 3.36. The first-order valence-electron chi connectivity index (χ1n) is 10.1. The molecule has 1 saturated carbocycles. The van der Waals surface area contributed by atoms with Gasteiger partial charge in [-0.15, -0.1) is 0 Å². The van der Waals surface area contributed by atoms with Gasteiger partial charge in [0.1, 0.15) is 6.61 Å². The van der Waals surface area contributed by atoms with Crippen LogP contribution in [0.1, 0.15) is 50.2 Å². The Bertz CT molecular complexity index is 831. The molecule has 1 amide bonds. The summed E-state index contributed by atoms with van der Waals surface area (Å²) < 4.78 is 11.6. The van der Waals surface area contributed by atoms with Gasteiger partial charge in [-0.05, 0) is 61.2 Å². The third-order valence-corrected chi connectivity index (χ3v) is 5.19. The highest BCUT2D eigenvalue weighted by molar-refractivity contribution is 6.30. The Hall–Kier alpha value is -2.53. The number of ether oxygens (including phenoxy) is 2. The van der Waals surface area contributed by atoms with E-state index in [4.69, 9.17) is 21.1 Å². The van der Waals surface area contributed by atoms with Gasteiger partial charge in [0.25, 0.3) is 0 Å². The van der Waals surface area contributed by atoms with Gasteiger partial charge < -0.3 is 9.47 Å². The maximum Gasteiger partial charge on any atom is 0.243 e. The van der Waals surface area contributed by atoms with Crippen molar-refractivity contribution in [2.75, 3.05) is 6.61 Å². The molecule has 154 valence electrons. The quantitative estimate of drug-likeness (QED) is 0.468. The van der Waals surface area contributed by atoms with Crippen molar-refractivity contribution < 1.29 is 14.3 Å². The van der Waals surface area contributed by atoms with Crippen LogP contribution in [0.2, 0.25) is 5.02 Å². The summed E-state index contributed by atoms with van der Waals surface area (Å²) in [6, 6.07) is 13.1. The number of nitrogens with zero attached hydrogens (tertiary/aromatic N) is 1. The lowest BCUT2D eigenvalue weighted by Crippen LogP contribution is -2.28. The maximum atomic E-state index is 12.2. The second kappa shape index (κ2) is 10.9. The van der Waals surface area contributed by atoms with Crippen LogP contribution in [0.5, 0.6) is 11.5 Å². The minimum Gasteiger partial charge on any atom is -0.490 e. The molecule has 1 N–H and O–H groups in total. The summed E-state index contributed by atoms with van der Waals surface area (Å²) in [5.74, 6) is 1.40. The first-order chi connectivity index (χ1) is 14.2. The Morgan fingerprint density at radius 1 is 1.10 bits per heavy atom. The van der Waals surface area contributed by atoms with Crippen LogP contribution in [0, 0.1) is 5.92 Å². The van der Waals surface area contributed by atoms with E-state index in [1.54, 1.807) is 6.21 Å². The van der Waals surface area contributed by atoms with E-state index in [0.29, 0.717) is 29.7 Å². The number of hydrogen-bond donors (Lipinski definition) is 1. The zero-order valence-corrected chi connectivity index (χ0v) is 17.5. The van der Waals surface area contributed by atoms with Crippen molar-refractivity contribution in [3.8, 4) is 11.5 Å². The summed E-state index contributed by atoms with van der Waals surface area (Å²) in [5, 5.41) is 4.81. The van der Waals surface area contributed by atoms with E-state index in [1.807, 2.05) is 49.4 Å². The van der Waals surface area contributed by atoms with E-state index in [2.05, 4.69) is 10.5 Å². The fourth-order valence-corrected chi connectivity index (χ4v) is 3.49. The third kappa shape index (κ3) is 6.50. The molecule has 0 heterocycles. The number of amides is 1. The molecule has 0 bridgehead atoms. The molecule has 0 unspecified atom stereocenters. The lowest BCUT2D eigenvalue weighted by Gasteiger charge is -2.19. The minimum absolute atomic E-state index is 0.00824. The van der Waals surface area contributed by atoms with Gasteiger partial charge in [-0.3, -0.25) is 4.79 Å². The molecule has 2 aromatic carbocycles. The summed E-state index contributed by atoms with van der Waals surface area (Å²) in [4.78, 5) is 12.2. The van der Waals surface area contributed by atoms with Crippen LogP contribution in [0.4, 0.5) is 0 Å². The number of benzene rings is 2. The summed E-state index contributed by atoms with van der Waals surface area (Å²) in [5.41, 5.74) is 4.52. The first kappa shape index (κ1) is 21.2. The van der Waals surface area contributed by atoms with E-state index >= 15 is 0 Å². The molecular weight excluding hydrogens is 388 g/mol. The molecule has 0 aromatic heterocycles. The predicted octanol–water partition coefficient (Wildman–Crippen LogP) is 5.35. The average Bonchev–Trinajstić information content (AvgIpc) is 2.75. The lowest BCUT2D eigenvalue weighted by atomic mass is 9.89. The topological polar surface area (TPSA) is 59.9 Å². The maximum absolute atomic E-state index is 12.2. The molecule has 1 aliphatic rings. The summed E-state index contributed by atoms with van der Waals surface area (Å²) >= 11 is 5.92. The Labute approximate surface area is 177 Å². The number of carbonyl (C=O) groups excluding carboxylic acids is 1. The Morgan fingerprint density at radius 2 is 1.86 bits per heavy atom. The van der Waals surface area contributed by atoms with Crippen LogP contribution >= 0.6 is 11.6 Å². The molecule has 6 heteroatoms. The number of nitrogens with one attached hydrogen (secondary N) is 1. The molecule has 29 heavy (non-hydrogen) atoms. The molecule has 1 fully saturated rings. The molecule has 2 aromatic rings. The third-order valence-electron chi connectivity index (χ3n) is 4.94. The van der Waals surface area contributed by atoms with Crippen molar-refractivity contribution in [3.63, 3.8) is 0 Å². The van der Waals surface area contributed by atoms with Gasteiger partial charge in [-0.1, -0.05) is 43.0 Å². The molecule has 0 saturated heterocycles. The molecule has 3 rings (SSSR count). The number of carbonyl (C=O) groups is 1. The van der Waals surface area contributed by atoms with Crippen molar-refractivity contribution in [2.24, 2.45) is 11.0 Å². The smallest absolute Gasteiger partial charge is 0.243 e. The van der Waals surface area contributed by atoms with Crippen LogP contribution in [-0.4, -0.2) is 18.7 Å². The van der Waals surface area contributed by atoms with Crippen molar-refractivity contribution >= 4 is 23.7 Å². The van der Waals surface area contributed by atoms with Gasteiger partial charge in [0.05, 0.1) is 12.8 Å². The first-order valence-corrected chi connectivity index (χ1v) is 10.5. The standard InChI is InChI=1S/C23H27ClN2O3/c1-2-28-22-14-18(15-25-26-23(27)19-6-4-3-5-7-19)10-13-21(22)29-16-17-8-11-20(24)12-9-17/h8-15,19H,2-7,16H2,1H3,(H,26,27)/b25-15-. The summed E-state index contributed by atoms with van der Waals surface area (Å²) in [7, 11) is 0. The summed E-state index contributed by atoms with van der Waals surface area (Å²) in [6.07, 6.45) is 7.00. The van der Waals surface area contributed by atoms with E-state index < -0.39 is 0 Å². The van der Waals surface area contributed by atoms with Crippen molar-refractivity contribution in [2.45, 2.75) is 45.6 Å². The lowest BCUT2D eigenvalue weighted by molar-refractivity contribution is -0.125. The van der Waals surface area contributed by atoms with E-state index in [0.717, 1.165) is 36.8 Å². The predicted molar refractivity (Wildman–Crippen MR) is 116 cm³/mol. The van der Waals surface area contributed by atoms with Crippen molar-refractivity contribution in [1.29, 1.82) is 0 Å². The van der Waals surface area contributed by atoms with Crippen LogP contribution in [0.25, 0.3) is 0 Å². The number of halogens is 1. The Balaban J connectivity index is 1.60. The normalized spacial score (nSPS) is 14.7. The molecule has 0 radical (unpaired) electrons. The van der Waals surface area contributed by atoms with Crippen LogP contribution in [0.15, 0.2) is 47.6 Å². The molecule has 1 aliphatic carbocycles. The summed E-state index contributed by atoms with van der Waals surface area (Å²) in [6.45, 7) is 2.87. The van der Waals surface area contributed by atoms with Gasteiger partial charge in [-0.25, -0.2) is 5.43 Å². The van der Waals surface area contributed by atoms with Gasteiger partial charge in [0.15, 0.2) is 11.5 Å². The average molecular weight is 415 g/mol. The second-order valence-electron chi connectivity index (χ2n) is 7.12. The Morgan fingerprint density at radius 3 is 2.59 bits per heavy atom. The highest BCUT2D eigenvalue weighted by Crippen LogP contribution is 2.29. The monoisotopic (exact) mass is 414 g/mol. The zero-order valence-electron chi connectivity index (χ0n) is 16.7. The van der Waals surface area contributed by atoms with Crippen molar-refractivity contribution in [1.82, 2.24) is 5.43 Å². The van der Waals surface area contributed by atoms with E-state index in [-0.39, 0.29) is 11.8 Å². The number of rotatable bonds is 8. The number of hydrogen-bond acceptors (Lipinski definition) is 4. The fraction of sp³-hybridized carbons (Fsp3) is 0.391. The van der Waals surface area contributed by atoms with Gasteiger partial charge in [0.2, 0.25) is 5.91 Å². The highest BCUT2D eigenvalue weighted by atomic mass is 35.5. The van der Waals surface area contributed by atoms with Crippen molar-refractivity contribution in [3.05, 3.63) is 58.6 Å². The molecular formula is C23H27ClN2O3. The van der Waals surface area contributed by atoms with E-state index in [1.165, 1.54) is 6.42 Å². The van der Waals surface area contributed by atoms with Gasteiger partial charge >= 0.3 is 0 Å². The SMILES string of the molecule is CCOc1cc(/C=N\NC(=O)C2CCCCC2)ccc1OCc1ccc(Cl)cc1. The molecule has 0 spiro atoms. The molecule has 5 nitrogen and oxygen atoms in total. The van der Waals surface area contributed by atoms with Gasteiger partial charge in [-0.2, -0.15) is 5.10 Å². The van der Waals surface area contributed by atoms with Crippen LogP contribution < -0.4 is 14.9 Å². The Kier molecular flexibility index (Phi) is 7.94. The second-order valence-corrected chi connectivity index (χ2v) is 7.56. The highest BCUT2D eigenvalue weighted by Gasteiger charge is 2.20. The number of hydrazone groups is 1. The largest absolute Gasteiger partial charge is 0.490 e. The molecule has 0 aliphatic heterocycles. The molecule has 0 atom stereocenters. The zero-order chi connectivity index (χ0) is 20.5. The minimum atomic E-state index is 0.00824. The van der Waals surface area contributed by atoms with Gasteiger partial charge in [0, 0.05) is 10.9 Å². The van der Waals surface area contributed by atoms with E-state index in [9.17, 15) is 4.79 Å². The van der Waals surface area contributed by atoms with Crippen LogP contribution in [-0.2, 0) is 11.4 Å².